The van der Waals surface area contributed by atoms with E-state index in [1.54, 1.807) is 24.3 Å². The van der Waals surface area contributed by atoms with Crippen molar-refractivity contribution >= 4 is 27.9 Å². The lowest BCUT2D eigenvalue weighted by Crippen LogP contribution is -2.21. The van der Waals surface area contributed by atoms with Gasteiger partial charge in [-0.2, -0.15) is 0 Å². The van der Waals surface area contributed by atoms with Gasteiger partial charge in [0, 0.05) is 21.9 Å². The summed E-state index contributed by atoms with van der Waals surface area (Å²) in [4.78, 5) is 38.7. The SMILES string of the molecule is CCCCCc1ccc(-c2cc3ccc(CCC(CCc4ccc5cc(-c6ccc(CCCCC)cc6F)c(=O)oc5c4)OCOC(=O)C(C)CC)cc3oc2=O)c(F)c1. The zero-order valence-electron chi connectivity index (χ0n) is 35.3. The summed E-state index contributed by atoms with van der Waals surface area (Å²) in [5.74, 6) is -1.46. The molecule has 4 aromatic carbocycles. The molecule has 0 amide bonds. The first-order valence-electron chi connectivity index (χ1n) is 21.6. The van der Waals surface area contributed by atoms with Crippen LogP contribution in [0.4, 0.5) is 8.78 Å². The van der Waals surface area contributed by atoms with Crippen molar-refractivity contribution in [3.05, 3.63) is 140 Å². The second-order valence-corrected chi connectivity index (χ2v) is 15.9. The highest BCUT2D eigenvalue weighted by atomic mass is 19.1. The normalized spacial score (nSPS) is 12.1. The van der Waals surface area contributed by atoms with E-state index in [1.807, 2.05) is 62.4 Å². The highest BCUT2D eigenvalue weighted by Gasteiger charge is 2.18. The average molecular weight is 819 g/mol. The van der Waals surface area contributed by atoms with Gasteiger partial charge in [0.15, 0.2) is 6.79 Å². The number of fused-ring (bicyclic) bond motifs is 2. The van der Waals surface area contributed by atoms with E-state index in [1.165, 1.54) is 12.1 Å². The molecule has 0 saturated carbocycles. The number of carbonyl (C=O) groups is 1. The minimum atomic E-state index is -0.608. The Morgan fingerprint density at radius 3 is 1.47 bits per heavy atom. The van der Waals surface area contributed by atoms with Gasteiger partial charge in [0.05, 0.1) is 23.1 Å². The third-order valence-corrected chi connectivity index (χ3v) is 11.4. The molecule has 6 rings (SSSR count). The Balaban J connectivity index is 1.14. The van der Waals surface area contributed by atoms with Crippen molar-refractivity contribution in [3.63, 3.8) is 0 Å². The summed E-state index contributed by atoms with van der Waals surface area (Å²) >= 11 is 0. The average Bonchev–Trinajstić information content (AvgIpc) is 3.24. The maximum Gasteiger partial charge on any atom is 0.344 e. The van der Waals surface area contributed by atoms with Crippen molar-refractivity contribution in [2.75, 3.05) is 6.79 Å². The zero-order valence-corrected chi connectivity index (χ0v) is 35.3. The molecule has 0 bridgehead atoms. The van der Waals surface area contributed by atoms with Crippen molar-refractivity contribution < 1.29 is 31.9 Å². The molecule has 1 atom stereocenters. The van der Waals surface area contributed by atoms with Crippen LogP contribution in [0.1, 0.15) is 108 Å². The molecule has 0 fully saturated rings. The summed E-state index contributed by atoms with van der Waals surface area (Å²) in [6.07, 6.45) is 10.5. The topological polar surface area (TPSA) is 96.0 Å². The fourth-order valence-electron chi connectivity index (χ4n) is 7.48. The van der Waals surface area contributed by atoms with Crippen LogP contribution in [-0.4, -0.2) is 18.9 Å². The maximum absolute atomic E-state index is 15.2. The summed E-state index contributed by atoms with van der Waals surface area (Å²) in [5, 5.41) is 1.36. The fourth-order valence-corrected chi connectivity index (χ4v) is 7.48. The largest absolute Gasteiger partial charge is 0.438 e. The molecule has 0 aliphatic rings. The predicted molar refractivity (Wildman–Crippen MR) is 234 cm³/mol. The summed E-state index contributed by atoms with van der Waals surface area (Å²) in [7, 11) is 0. The number of carbonyl (C=O) groups excluding carboxylic acids is 1. The molecule has 60 heavy (non-hydrogen) atoms. The molecule has 2 heterocycles. The van der Waals surface area contributed by atoms with Crippen LogP contribution in [0.15, 0.2) is 103 Å². The minimum Gasteiger partial charge on any atom is -0.438 e. The summed E-state index contributed by atoms with van der Waals surface area (Å²) in [6, 6.07) is 24.7. The van der Waals surface area contributed by atoms with Crippen LogP contribution in [0.5, 0.6) is 0 Å². The molecule has 1 unspecified atom stereocenters. The lowest BCUT2D eigenvalue weighted by atomic mass is 9.98. The molecule has 0 radical (unpaired) electrons. The van der Waals surface area contributed by atoms with Gasteiger partial charge in [-0.15, -0.1) is 0 Å². The zero-order chi connectivity index (χ0) is 42.6. The Labute approximate surface area is 350 Å². The molecule has 0 N–H and O–H groups in total. The first-order chi connectivity index (χ1) is 29.1. The molecule has 0 spiro atoms. The number of halogens is 2. The fraction of sp³-hybridized carbons (Fsp3) is 0.392. The van der Waals surface area contributed by atoms with Crippen LogP contribution in [0.3, 0.4) is 0 Å². The van der Waals surface area contributed by atoms with Crippen molar-refractivity contribution in [3.8, 4) is 22.3 Å². The minimum absolute atomic E-state index is 0.179. The third-order valence-electron chi connectivity index (χ3n) is 11.4. The third kappa shape index (κ3) is 11.4. The molecule has 2 aromatic heterocycles. The van der Waals surface area contributed by atoms with E-state index in [0.717, 1.165) is 73.6 Å². The van der Waals surface area contributed by atoms with Gasteiger partial charge in [-0.1, -0.05) is 102 Å². The second-order valence-electron chi connectivity index (χ2n) is 15.9. The van der Waals surface area contributed by atoms with Crippen LogP contribution in [-0.2, 0) is 40.0 Å². The van der Waals surface area contributed by atoms with Crippen molar-refractivity contribution in [1.82, 2.24) is 0 Å². The van der Waals surface area contributed by atoms with Crippen LogP contribution in [0, 0.1) is 17.6 Å². The second kappa shape index (κ2) is 21.2. The molecule has 316 valence electrons. The van der Waals surface area contributed by atoms with Crippen molar-refractivity contribution in [2.45, 2.75) is 117 Å². The Bertz CT molecular complexity index is 2360. The van der Waals surface area contributed by atoms with Gasteiger partial charge in [0.1, 0.15) is 22.8 Å². The number of ether oxygens (including phenoxy) is 2. The first-order valence-corrected chi connectivity index (χ1v) is 21.6. The molecular formula is C51H56F2O7. The van der Waals surface area contributed by atoms with Gasteiger partial charge >= 0.3 is 17.2 Å². The van der Waals surface area contributed by atoms with Gasteiger partial charge in [-0.3, -0.25) is 4.79 Å². The number of esters is 1. The van der Waals surface area contributed by atoms with Gasteiger partial charge in [0.25, 0.3) is 0 Å². The van der Waals surface area contributed by atoms with Gasteiger partial charge in [-0.25, -0.2) is 18.4 Å². The Morgan fingerprint density at radius 1 is 0.583 bits per heavy atom. The van der Waals surface area contributed by atoms with Crippen LogP contribution in [0.2, 0.25) is 0 Å². The van der Waals surface area contributed by atoms with Crippen LogP contribution in [0.25, 0.3) is 44.2 Å². The first kappa shape index (κ1) is 44.2. The summed E-state index contributed by atoms with van der Waals surface area (Å²) in [6.45, 7) is 7.80. The van der Waals surface area contributed by atoms with E-state index in [0.29, 0.717) is 54.0 Å². The number of benzene rings is 4. The smallest absolute Gasteiger partial charge is 0.344 e. The molecule has 0 saturated heterocycles. The van der Waals surface area contributed by atoms with E-state index in [2.05, 4.69) is 13.8 Å². The van der Waals surface area contributed by atoms with Crippen LogP contribution < -0.4 is 11.3 Å². The van der Waals surface area contributed by atoms with E-state index in [4.69, 9.17) is 18.3 Å². The van der Waals surface area contributed by atoms with Gasteiger partial charge in [0.2, 0.25) is 0 Å². The highest BCUT2D eigenvalue weighted by molar-refractivity contribution is 5.83. The Kier molecular flexibility index (Phi) is 15.6. The Hall–Kier alpha value is -5.41. The monoisotopic (exact) mass is 818 g/mol. The lowest BCUT2D eigenvalue weighted by Gasteiger charge is -2.19. The molecule has 7 nitrogen and oxygen atoms in total. The number of hydrogen-bond donors (Lipinski definition) is 0. The van der Waals surface area contributed by atoms with Crippen LogP contribution >= 0.6 is 0 Å². The lowest BCUT2D eigenvalue weighted by molar-refractivity contribution is -0.165. The highest BCUT2D eigenvalue weighted by Crippen LogP contribution is 2.28. The molecule has 0 aliphatic carbocycles. The van der Waals surface area contributed by atoms with E-state index < -0.39 is 22.9 Å². The molecule has 9 heteroatoms. The molecular weight excluding hydrogens is 763 g/mol. The van der Waals surface area contributed by atoms with Gasteiger partial charge in [-0.05, 0) is 116 Å². The van der Waals surface area contributed by atoms with E-state index >= 15 is 8.78 Å². The number of aryl methyl sites for hydroxylation is 4. The van der Waals surface area contributed by atoms with Crippen molar-refractivity contribution in [2.24, 2.45) is 5.92 Å². The standard InChI is InChI=1S/C51H56F2O7/c1-5-8-10-12-34-18-24-41(45(52)26-34)43-30-38-20-14-36(28-47(38)59-50(43)55)16-22-40(57-32-58-49(54)33(4)7-3)23-17-37-15-21-39-31-44(51(56)60-48(39)29-37)42-25-19-35(27-46(42)53)13-11-9-6-2/h14-15,18-21,24-31,33,40H,5-13,16-17,22-23,32H2,1-4H3. The number of rotatable bonds is 21. The van der Waals surface area contributed by atoms with Gasteiger partial charge < -0.3 is 18.3 Å². The Morgan fingerprint density at radius 2 is 1.03 bits per heavy atom. The molecule has 0 aliphatic heterocycles. The van der Waals surface area contributed by atoms with Crippen molar-refractivity contribution in [1.29, 1.82) is 0 Å². The predicted octanol–water partition coefficient (Wildman–Crippen LogP) is 12.5. The number of hydrogen-bond acceptors (Lipinski definition) is 7. The quantitative estimate of drug-likeness (QED) is 0.0309. The number of unbranched alkanes of at least 4 members (excludes halogenated alkanes) is 4. The van der Waals surface area contributed by atoms with E-state index in [9.17, 15) is 14.4 Å². The summed E-state index contributed by atoms with van der Waals surface area (Å²) in [5.41, 5.74) is 4.02. The summed E-state index contributed by atoms with van der Waals surface area (Å²) < 4.78 is 53.4. The van der Waals surface area contributed by atoms with E-state index in [-0.39, 0.29) is 47.0 Å². The maximum atomic E-state index is 15.2. The molecule has 6 aromatic rings.